The Hall–Kier alpha value is -3.13. The van der Waals surface area contributed by atoms with Gasteiger partial charge in [-0.05, 0) is 50.2 Å². The molecule has 0 unspecified atom stereocenters. The number of anilines is 1. The maximum atomic E-state index is 11.1. The summed E-state index contributed by atoms with van der Waals surface area (Å²) in [6.07, 6.45) is 4.63. The highest BCUT2D eigenvalue weighted by Gasteiger charge is 2.16. The lowest BCUT2D eigenvalue weighted by atomic mass is 10.2. The molecule has 3 aromatic rings. The molecule has 158 valence electrons. The van der Waals surface area contributed by atoms with Crippen LogP contribution in [0.3, 0.4) is 0 Å². The summed E-state index contributed by atoms with van der Waals surface area (Å²) >= 11 is 0. The quantitative estimate of drug-likeness (QED) is 0.648. The fourth-order valence-corrected chi connectivity index (χ4v) is 3.85. The molecule has 30 heavy (non-hydrogen) atoms. The maximum absolute atomic E-state index is 11.1. The smallest absolute Gasteiger partial charge is 0.408 e. The van der Waals surface area contributed by atoms with Crippen LogP contribution in [0.4, 0.5) is 10.6 Å². The second kappa shape index (κ2) is 9.13. The Kier molecular flexibility index (Phi) is 6.13. The summed E-state index contributed by atoms with van der Waals surface area (Å²) in [5.41, 5.74) is 7.36. The number of amides is 1. The second-order valence-electron chi connectivity index (χ2n) is 7.60. The van der Waals surface area contributed by atoms with Gasteiger partial charge >= 0.3 is 6.09 Å². The fraction of sp³-hybridized carbons (Fsp3) is 0.409. The molecule has 8 heteroatoms. The highest BCUT2D eigenvalue weighted by atomic mass is 16.5. The highest BCUT2D eigenvalue weighted by molar-refractivity contribution is 5.87. The van der Waals surface area contributed by atoms with E-state index < -0.39 is 6.09 Å². The zero-order chi connectivity index (χ0) is 20.9. The number of aromatic nitrogens is 3. The van der Waals surface area contributed by atoms with Crippen LogP contribution in [-0.4, -0.2) is 58.7 Å². The van der Waals surface area contributed by atoms with Gasteiger partial charge in [0.1, 0.15) is 17.2 Å². The summed E-state index contributed by atoms with van der Waals surface area (Å²) in [6, 6.07) is 9.40. The van der Waals surface area contributed by atoms with E-state index in [4.69, 9.17) is 15.5 Å². The lowest BCUT2D eigenvalue weighted by molar-refractivity contribution is 0.211. The molecule has 0 bridgehead atoms. The number of nitrogens with two attached hydrogens (primary N) is 1. The molecule has 0 spiro atoms. The lowest BCUT2D eigenvalue weighted by Crippen LogP contribution is -2.31. The molecule has 1 saturated heterocycles. The monoisotopic (exact) mass is 408 g/mol. The van der Waals surface area contributed by atoms with E-state index in [9.17, 15) is 4.79 Å². The van der Waals surface area contributed by atoms with Crippen LogP contribution >= 0.6 is 0 Å². The first-order valence-corrected chi connectivity index (χ1v) is 10.5. The first-order valence-electron chi connectivity index (χ1n) is 10.5. The summed E-state index contributed by atoms with van der Waals surface area (Å²) in [4.78, 5) is 28.6. The number of nitrogens with one attached hydrogen (secondary N) is 1. The van der Waals surface area contributed by atoms with Crippen molar-refractivity contribution in [3.63, 3.8) is 0 Å². The third kappa shape index (κ3) is 4.54. The molecule has 1 amide bonds. The Labute approximate surface area is 176 Å². The van der Waals surface area contributed by atoms with Crippen LogP contribution in [0.1, 0.15) is 26.2 Å². The van der Waals surface area contributed by atoms with E-state index in [0.717, 1.165) is 49.5 Å². The SMILES string of the molecule is CCCCN1CCCN(c2ccc(-c3nc4c(OC(N)=O)cccc4[nH]3)cn2)CC1. The average Bonchev–Trinajstić information content (AvgIpc) is 3.05. The van der Waals surface area contributed by atoms with E-state index in [-0.39, 0.29) is 0 Å². The minimum absolute atomic E-state index is 0.337. The first kappa shape index (κ1) is 20.2. The van der Waals surface area contributed by atoms with E-state index in [1.165, 1.54) is 19.4 Å². The van der Waals surface area contributed by atoms with Crippen LogP contribution < -0.4 is 15.4 Å². The van der Waals surface area contributed by atoms with Gasteiger partial charge in [0.25, 0.3) is 0 Å². The molecular weight excluding hydrogens is 380 g/mol. The number of primary amides is 1. The minimum atomic E-state index is -0.858. The van der Waals surface area contributed by atoms with Crippen molar-refractivity contribution in [1.29, 1.82) is 0 Å². The Balaban J connectivity index is 1.49. The Bertz CT molecular complexity index is 1000. The van der Waals surface area contributed by atoms with Crippen molar-refractivity contribution in [2.24, 2.45) is 5.73 Å². The van der Waals surface area contributed by atoms with Gasteiger partial charge in [-0.15, -0.1) is 0 Å². The molecule has 1 aromatic carbocycles. The van der Waals surface area contributed by atoms with E-state index in [0.29, 0.717) is 17.1 Å². The van der Waals surface area contributed by atoms with E-state index in [1.807, 2.05) is 24.4 Å². The number of pyridine rings is 1. The third-order valence-corrected chi connectivity index (χ3v) is 5.45. The normalized spacial score (nSPS) is 15.3. The number of hydrogen-bond donors (Lipinski definition) is 2. The van der Waals surface area contributed by atoms with Gasteiger partial charge in [-0.25, -0.2) is 14.8 Å². The van der Waals surface area contributed by atoms with E-state index >= 15 is 0 Å². The zero-order valence-electron chi connectivity index (χ0n) is 17.3. The number of ether oxygens (including phenoxy) is 1. The molecule has 1 aliphatic rings. The molecule has 3 heterocycles. The van der Waals surface area contributed by atoms with Crippen LogP contribution in [0.2, 0.25) is 0 Å². The Morgan fingerprint density at radius 2 is 2.10 bits per heavy atom. The van der Waals surface area contributed by atoms with Gasteiger partial charge in [0, 0.05) is 31.4 Å². The van der Waals surface area contributed by atoms with Crippen molar-refractivity contribution in [3.8, 4) is 17.1 Å². The van der Waals surface area contributed by atoms with E-state index in [2.05, 4.69) is 26.7 Å². The largest absolute Gasteiger partial charge is 0.410 e. The third-order valence-electron chi connectivity index (χ3n) is 5.45. The number of rotatable bonds is 6. The van der Waals surface area contributed by atoms with Crippen molar-refractivity contribution in [2.75, 3.05) is 37.6 Å². The molecule has 0 saturated carbocycles. The van der Waals surface area contributed by atoms with Gasteiger partial charge in [-0.2, -0.15) is 0 Å². The number of aromatic amines is 1. The van der Waals surface area contributed by atoms with Crippen LogP contribution in [0.5, 0.6) is 5.75 Å². The molecule has 2 aromatic heterocycles. The summed E-state index contributed by atoms with van der Waals surface area (Å²) < 4.78 is 5.05. The highest BCUT2D eigenvalue weighted by Crippen LogP contribution is 2.28. The molecule has 8 nitrogen and oxygen atoms in total. The van der Waals surface area contributed by atoms with Crippen LogP contribution in [-0.2, 0) is 0 Å². The Morgan fingerprint density at radius 3 is 2.87 bits per heavy atom. The van der Waals surface area contributed by atoms with Gasteiger partial charge in [-0.1, -0.05) is 19.4 Å². The number of carbonyl (C=O) groups is 1. The number of unbranched alkanes of at least 4 members (excludes halogenated alkanes) is 1. The summed E-state index contributed by atoms with van der Waals surface area (Å²) in [6.45, 7) is 7.67. The van der Waals surface area contributed by atoms with Crippen LogP contribution in [0, 0.1) is 0 Å². The van der Waals surface area contributed by atoms with Crippen LogP contribution in [0.25, 0.3) is 22.4 Å². The van der Waals surface area contributed by atoms with Gasteiger partial charge in [0.2, 0.25) is 0 Å². The molecule has 1 fully saturated rings. The average molecular weight is 409 g/mol. The van der Waals surface area contributed by atoms with Gasteiger partial charge < -0.3 is 25.3 Å². The molecular formula is C22H28N6O2. The molecule has 0 radical (unpaired) electrons. The Morgan fingerprint density at radius 1 is 1.20 bits per heavy atom. The molecule has 0 aliphatic carbocycles. The number of hydrogen-bond acceptors (Lipinski definition) is 6. The van der Waals surface area contributed by atoms with Crippen LogP contribution in [0.15, 0.2) is 36.5 Å². The van der Waals surface area contributed by atoms with Gasteiger partial charge in [0.05, 0.1) is 5.52 Å². The fourth-order valence-electron chi connectivity index (χ4n) is 3.85. The number of carbonyl (C=O) groups excluding carboxylic acids is 1. The van der Waals surface area contributed by atoms with Crippen molar-refractivity contribution >= 4 is 22.9 Å². The molecule has 1 aliphatic heterocycles. The number of fused-ring (bicyclic) bond motifs is 1. The number of para-hydroxylation sites is 1. The number of H-pyrrole nitrogens is 1. The minimum Gasteiger partial charge on any atom is -0.408 e. The van der Waals surface area contributed by atoms with Crippen molar-refractivity contribution in [1.82, 2.24) is 19.9 Å². The molecule has 4 rings (SSSR count). The summed E-state index contributed by atoms with van der Waals surface area (Å²) in [5, 5.41) is 0. The number of imidazole rings is 1. The van der Waals surface area contributed by atoms with E-state index in [1.54, 1.807) is 12.1 Å². The first-order chi connectivity index (χ1) is 14.6. The predicted molar refractivity (Wildman–Crippen MR) is 118 cm³/mol. The zero-order valence-corrected chi connectivity index (χ0v) is 17.3. The maximum Gasteiger partial charge on any atom is 0.410 e. The predicted octanol–water partition coefficient (Wildman–Crippen LogP) is 3.39. The molecule has 0 atom stereocenters. The van der Waals surface area contributed by atoms with Crippen molar-refractivity contribution in [3.05, 3.63) is 36.5 Å². The van der Waals surface area contributed by atoms with Crippen molar-refractivity contribution in [2.45, 2.75) is 26.2 Å². The summed E-state index contributed by atoms with van der Waals surface area (Å²) in [5.74, 6) is 2.00. The van der Waals surface area contributed by atoms with Gasteiger partial charge in [0.15, 0.2) is 5.75 Å². The number of benzene rings is 1. The lowest BCUT2D eigenvalue weighted by Gasteiger charge is -2.22. The summed E-state index contributed by atoms with van der Waals surface area (Å²) in [7, 11) is 0. The van der Waals surface area contributed by atoms with Crippen molar-refractivity contribution < 1.29 is 9.53 Å². The standard InChI is InChI=1S/C22H28N6O2/c1-2-3-10-27-11-5-12-28(14-13-27)19-9-8-16(15-24-19)21-25-17-6-4-7-18(20(17)26-21)30-22(23)29/h4,6-9,15H,2-3,5,10-14H2,1H3,(H2,23,29)(H,25,26). The topological polar surface area (TPSA) is 100 Å². The number of nitrogens with zero attached hydrogens (tertiary/aromatic N) is 4. The molecule has 3 N–H and O–H groups in total. The van der Waals surface area contributed by atoms with Gasteiger partial charge in [-0.3, -0.25) is 0 Å². The second-order valence-corrected chi connectivity index (χ2v) is 7.60.